The highest BCUT2D eigenvalue weighted by Gasteiger charge is 1.93. The van der Waals surface area contributed by atoms with Gasteiger partial charge in [0.25, 0.3) is 0 Å². The van der Waals surface area contributed by atoms with Crippen molar-refractivity contribution >= 4 is 0 Å². The monoisotopic (exact) mass is 158 g/mol. The molecule has 0 spiro atoms. The predicted molar refractivity (Wildman–Crippen MR) is 42.3 cm³/mol. The van der Waals surface area contributed by atoms with E-state index >= 15 is 0 Å². The second kappa shape index (κ2) is 4.00. The van der Waals surface area contributed by atoms with Crippen LogP contribution >= 0.6 is 0 Å². The maximum absolute atomic E-state index is 8.52. The minimum atomic E-state index is 0.00881. The van der Waals surface area contributed by atoms with Crippen LogP contribution in [0.2, 0.25) is 0 Å². The largest absolute Gasteiger partial charge is 0.479 e. The third kappa shape index (κ3) is 2.00. The molecule has 0 aliphatic carbocycles. The lowest BCUT2D eigenvalue weighted by Gasteiger charge is -1.99. The van der Waals surface area contributed by atoms with E-state index in [0.29, 0.717) is 11.3 Å². The fraction of sp³-hybridized carbons (Fsp3) is 0.111. The second-order valence-corrected chi connectivity index (χ2v) is 2.09. The average Bonchev–Trinajstić information content (AvgIpc) is 2.15. The molecule has 3 heteroatoms. The molecule has 0 saturated heterocycles. The van der Waals surface area contributed by atoms with Crippen molar-refractivity contribution < 1.29 is 4.74 Å². The van der Waals surface area contributed by atoms with Crippen LogP contribution in [-0.4, -0.2) is 6.61 Å². The van der Waals surface area contributed by atoms with E-state index in [4.69, 9.17) is 15.3 Å². The normalized spacial score (nSPS) is 8.17. The Kier molecular flexibility index (Phi) is 2.70. The van der Waals surface area contributed by atoms with Gasteiger partial charge in [0.1, 0.15) is 11.8 Å². The lowest BCUT2D eigenvalue weighted by Crippen LogP contribution is -1.93. The quantitative estimate of drug-likeness (QED) is 0.654. The molecule has 1 aromatic rings. The lowest BCUT2D eigenvalue weighted by molar-refractivity contribution is 0.368. The summed E-state index contributed by atoms with van der Waals surface area (Å²) >= 11 is 0. The lowest BCUT2D eigenvalue weighted by atomic mass is 10.2. The van der Waals surface area contributed by atoms with Crippen molar-refractivity contribution in [1.82, 2.24) is 0 Å². The Morgan fingerprint density at radius 3 is 2.83 bits per heavy atom. The SMILES string of the molecule is N#CCOc1cccc(C#N)c1. The Balaban J connectivity index is 2.76. The van der Waals surface area contributed by atoms with Gasteiger partial charge >= 0.3 is 0 Å². The first-order valence-electron chi connectivity index (χ1n) is 3.36. The average molecular weight is 158 g/mol. The molecule has 0 amide bonds. The van der Waals surface area contributed by atoms with Crippen molar-refractivity contribution in [2.45, 2.75) is 0 Å². The summed E-state index contributed by atoms with van der Waals surface area (Å²) in [5.74, 6) is 0.551. The topological polar surface area (TPSA) is 56.8 Å². The minimum absolute atomic E-state index is 0.00881. The third-order valence-corrected chi connectivity index (χ3v) is 1.27. The van der Waals surface area contributed by atoms with Crippen LogP contribution in [0.3, 0.4) is 0 Å². The van der Waals surface area contributed by atoms with Crippen LogP contribution < -0.4 is 4.74 Å². The molecule has 0 heterocycles. The Labute approximate surface area is 70.4 Å². The van der Waals surface area contributed by atoms with E-state index in [1.165, 1.54) is 0 Å². The third-order valence-electron chi connectivity index (χ3n) is 1.27. The van der Waals surface area contributed by atoms with Crippen LogP contribution in [0.4, 0.5) is 0 Å². The zero-order chi connectivity index (χ0) is 8.81. The maximum atomic E-state index is 8.52. The van der Waals surface area contributed by atoms with Crippen molar-refractivity contribution in [3.63, 3.8) is 0 Å². The first kappa shape index (κ1) is 8.10. The molecule has 58 valence electrons. The van der Waals surface area contributed by atoms with Crippen molar-refractivity contribution in [2.24, 2.45) is 0 Å². The van der Waals surface area contributed by atoms with Gasteiger partial charge < -0.3 is 4.74 Å². The first-order valence-corrected chi connectivity index (χ1v) is 3.36. The van der Waals surface area contributed by atoms with E-state index in [0.717, 1.165) is 0 Å². The highest BCUT2D eigenvalue weighted by Crippen LogP contribution is 2.11. The number of hydrogen-bond acceptors (Lipinski definition) is 3. The smallest absolute Gasteiger partial charge is 0.174 e. The van der Waals surface area contributed by atoms with Gasteiger partial charge in [-0.1, -0.05) is 6.07 Å². The van der Waals surface area contributed by atoms with Crippen molar-refractivity contribution in [1.29, 1.82) is 10.5 Å². The Morgan fingerprint density at radius 2 is 2.17 bits per heavy atom. The molecule has 0 fully saturated rings. The summed E-state index contributed by atoms with van der Waals surface area (Å²) in [5.41, 5.74) is 0.533. The number of benzene rings is 1. The van der Waals surface area contributed by atoms with E-state index in [9.17, 15) is 0 Å². The predicted octanol–water partition coefficient (Wildman–Crippen LogP) is 1.46. The number of nitriles is 2. The summed E-state index contributed by atoms with van der Waals surface area (Å²) in [5, 5.41) is 16.7. The Hall–Kier alpha value is -2.00. The van der Waals surface area contributed by atoms with Gasteiger partial charge in [-0.15, -0.1) is 0 Å². The van der Waals surface area contributed by atoms with Gasteiger partial charge in [-0.25, -0.2) is 0 Å². The standard InChI is InChI=1S/C9H6N2O/c10-4-5-12-9-3-1-2-8(6-9)7-11/h1-3,6H,5H2. The van der Waals surface area contributed by atoms with E-state index in [1.807, 2.05) is 12.1 Å². The first-order chi connectivity index (χ1) is 5.86. The summed E-state index contributed by atoms with van der Waals surface area (Å²) in [6, 6.07) is 10.5. The van der Waals surface area contributed by atoms with Crippen molar-refractivity contribution in [3.8, 4) is 17.9 Å². The molecular formula is C9H6N2O. The fourth-order valence-corrected chi connectivity index (χ4v) is 0.771. The van der Waals surface area contributed by atoms with Crippen molar-refractivity contribution in [2.75, 3.05) is 6.61 Å². The van der Waals surface area contributed by atoms with Gasteiger partial charge in [0, 0.05) is 0 Å². The highest BCUT2D eigenvalue weighted by atomic mass is 16.5. The molecule has 12 heavy (non-hydrogen) atoms. The molecular weight excluding hydrogens is 152 g/mol. The van der Waals surface area contributed by atoms with E-state index < -0.39 is 0 Å². The molecule has 0 atom stereocenters. The summed E-state index contributed by atoms with van der Waals surface area (Å²) in [4.78, 5) is 0. The Morgan fingerprint density at radius 1 is 1.33 bits per heavy atom. The van der Waals surface area contributed by atoms with E-state index in [1.54, 1.807) is 24.3 Å². The summed E-state index contributed by atoms with van der Waals surface area (Å²) < 4.78 is 4.99. The van der Waals surface area contributed by atoms with Crippen molar-refractivity contribution in [3.05, 3.63) is 29.8 Å². The minimum Gasteiger partial charge on any atom is -0.479 e. The van der Waals surface area contributed by atoms with E-state index in [2.05, 4.69) is 0 Å². The number of hydrogen-bond donors (Lipinski definition) is 0. The molecule has 0 saturated carbocycles. The molecule has 1 rings (SSSR count). The van der Waals surface area contributed by atoms with Crippen LogP contribution in [-0.2, 0) is 0 Å². The van der Waals surface area contributed by atoms with Gasteiger partial charge in [0.05, 0.1) is 11.6 Å². The van der Waals surface area contributed by atoms with Gasteiger partial charge in [-0.3, -0.25) is 0 Å². The molecule has 0 aliphatic rings. The van der Waals surface area contributed by atoms with E-state index in [-0.39, 0.29) is 6.61 Å². The maximum Gasteiger partial charge on any atom is 0.174 e. The summed E-state index contributed by atoms with van der Waals surface area (Å²) in [6.45, 7) is 0.00881. The summed E-state index contributed by atoms with van der Waals surface area (Å²) in [7, 11) is 0. The highest BCUT2D eigenvalue weighted by molar-refractivity contribution is 5.36. The van der Waals surface area contributed by atoms with Gasteiger partial charge in [0.15, 0.2) is 6.61 Å². The molecule has 3 nitrogen and oxygen atoms in total. The van der Waals surface area contributed by atoms with Crippen LogP contribution in [0.5, 0.6) is 5.75 Å². The zero-order valence-electron chi connectivity index (χ0n) is 6.32. The molecule has 0 bridgehead atoms. The molecule has 0 aliphatic heterocycles. The molecule has 1 aromatic carbocycles. The van der Waals surface area contributed by atoms with Crippen LogP contribution in [0.25, 0.3) is 0 Å². The van der Waals surface area contributed by atoms with Gasteiger partial charge in [-0.2, -0.15) is 10.5 Å². The van der Waals surface area contributed by atoms with Crippen LogP contribution in [0.15, 0.2) is 24.3 Å². The molecule has 0 aromatic heterocycles. The Bertz CT molecular complexity index is 346. The van der Waals surface area contributed by atoms with Gasteiger partial charge in [-0.05, 0) is 18.2 Å². The molecule has 0 N–H and O–H groups in total. The number of rotatable bonds is 2. The zero-order valence-corrected chi connectivity index (χ0v) is 6.32. The van der Waals surface area contributed by atoms with Crippen LogP contribution in [0, 0.1) is 22.7 Å². The second-order valence-electron chi connectivity index (χ2n) is 2.09. The summed E-state index contributed by atoms with van der Waals surface area (Å²) in [6.07, 6.45) is 0. The number of nitrogens with zero attached hydrogens (tertiary/aromatic N) is 2. The molecule has 0 radical (unpaired) electrons. The number of ether oxygens (including phenoxy) is 1. The van der Waals surface area contributed by atoms with Gasteiger partial charge in [0.2, 0.25) is 0 Å². The fourth-order valence-electron chi connectivity index (χ4n) is 0.771. The molecule has 0 unspecified atom stereocenters. The van der Waals surface area contributed by atoms with Crippen LogP contribution in [0.1, 0.15) is 5.56 Å².